The molecular formula is C22H19NOS2. The molecule has 3 aromatic carbocycles. The molecule has 0 saturated carbocycles. The molecule has 0 aliphatic carbocycles. The molecule has 0 aliphatic heterocycles. The fraction of sp³-hybridized carbons (Fsp3) is 0.136. The Balaban J connectivity index is 2.16. The van der Waals surface area contributed by atoms with Crippen LogP contribution in [0.2, 0.25) is 0 Å². The van der Waals surface area contributed by atoms with E-state index in [2.05, 4.69) is 48.7 Å². The maximum Gasteiger partial charge on any atom is 0.0685 e. The van der Waals surface area contributed by atoms with Crippen LogP contribution in [0.15, 0.2) is 81.4 Å². The quantitative estimate of drug-likeness (QED) is 0.553. The van der Waals surface area contributed by atoms with E-state index in [1.807, 2.05) is 30.3 Å². The summed E-state index contributed by atoms with van der Waals surface area (Å²) in [5, 5.41) is 19.1. The smallest absolute Gasteiger partial charge is 0.0685 e. The van der Waals surface area contributed by atoms with E-state index in [9.17, 15) is 10.4 Å². The van der Waals surface area contributed by atoms with Crippen LogP contribution in [0.4, 0.5) is 0 Å². The van der Waals surface area contributed by atoms with Gasteiger partial charge in [0.25, 0.3) is 0 Å². The second kappa shape index (κ2) is 8.95. The van der Waals surface area contributed by atoms with Crippen molar-refractivity contribution in [2.75, 3.05) is 6.26 Å². The summed E-state index contributed by atoms with van der Waals surface area (Å²) in [6.45, 7) is -0.0663. The number of benzene rings is 3. The lowest BCUT2D eigenvalue weighted by molar-refractivity contribution is 0.281. The zero-order valence-electron chi connectivity index (χ0n) is 14.5. The number of hydrogen-bond acceptors (Lipinski definition) is 4. The van der Waals surface area contributed by atoms with E-state index >= 15 is 0 Å². The fourth-order valence-electron chi connectivity index (χ4n) is 2.87. The second-order valence-corrected chi connectivity index (χ2v) is 7.71. The van der Waals surface area contributed by atoms with Gasteiger partial charge in [0, 0.05) is 20.2 Å². The molecule has 0 aliphatic rings. The predicted molar refractivity (Wildman–Crippen MR) is 109 cm³/mol. The van der Waals surface area contributed by atoms with Crippen molar-refractivity contribution in [3.63, 3.8) is 0 Å². The summed E-state index contributed by atoms with van der Waals surface area (Å²) in [5.74, 6) is 0. The number of aliphatic hydroxyl groups excluding tert-OH is 1. The SMILES string of the molecule is CSc1ccc(-c2c(Sc3ccccc3)ccc(CO)c2CC#N)cc1. The highest BCUT2D eigenvalue weighted by Crippen LogP contribution is 2.40. The maximum atomic E-state index is 9.76. The van der Waals surface area contributed by atoms with E-state index in [0.717, 1.165) is 32.0 Å². The molecule has 0 atom stereocenters. The summed E-state index contributed by atoms with van der Waals surface area (Å²) >= 11 is 3.39. The third-order valence-electron chi connectivity index (χ3n) is 4.15. The minimum atomic E-state index is -0.0663. The zero-order valence-corrected chi connectivity index (χ0v) is 16.1. The van der Waals surface area contributed by atoms with Crippen molar-refractivity contribution in [3.8, 4) is 17.2 Å². The molecule has 2 nitrogen and oxygen atoms in total. The first-order valence-electron chi connectivity index (χ1n) is 8.26. The van der Waals surface area contributed by atoms with Gasteiger partial charge in [-0.2, -0.15) is 5.26 Å². The summed E-state index contributed by atoms with van der Waals surface area (Å²) < 4.78 is 0. The molecule has 3 rings (SSSR count). The standard InChI is InChI=1S/C22H19NOS2/c1-25-18-10-7-16(8-11-18)22-20(13-14-23)17(15-24)9-12-21(22)26-19-5-3-2-4-6-19/h2-12,24H,13,15H2,1H3. The van der Waals surface area contributed by atoms with Crippen LogP contribution < -0.4 is 0 Å². The van der Waals surface area contributed by atoms with Gasteiger partial charge < -0.3 is 5.11 Å². The molecule has 0 radical (unpaired) electrons. The van der Waals surface area contributed by atoms with E-state index in [0.29, 0.717) is 0 Å². The third-order valence-corrected chi connectivity index (χ3v) is 5.96. The van der Waals surface area contributed by atoms with Crippen molar-refractivity contribution in [1.82, 2.24) is 0 Å². The van der Waals surface area contributed by atoms with E-state index in [1.54, 1.807) is 23.5 Å². The molecule has 0 spiro atoms. The molecule has 0 fully saturated rings. The van der Waals surface area contributed by atoms with Gasteiger partial charge in [-0.15, -0.1) is 11.8 Å². The number of nitriles is 1. The first-order valence-corrected chi connectivity index (χ1v) is 10.3. The van der Waals surface area contributed by atoms with Crippen LogP contribution in [0.1, 0.15) is 11.1 Å². The Morgan fingerprint density at radius 2 is 1.65 bits per heavy atom. The zero-order chi connectivity index (χ0) is 18.4. The first kappa shape index (κ1) is 18.6. The van der Waals surface area contributed by atoms with Crippen LogP contribution >= 0.6 is 23.5 Å². The van der Waals surface area contributed by atoms with Crippen LogP contribution in [0.25, 0.3) is 11.1 Å². The van der Waals surface area contributed by atoms with Crippen molar-refractivity contribution >= 4 is 23.5 Å². The number of aliphatic hydroxyl groups is 1. The summed E-state index contributed by atoms with van der Waals surface area (Å²) in [4.78, 5) is 3.44. The van der Waals surface area contributed by atoms with E-state index < -0.39 is 0 Å². The molecule has 0 heterocycles. The number of rotatable bonds is 6. The molecule has 130 valence electrons. The van der Waals surface area contributed by atoms with Gasteiger partial charge in [-0.3, -0.25) is 0 Å². The molecule has 1 N–H and O–H groups in total. The highest BCUT2D eigenvalue weighted by atomic mass is 32.2. The van der Waals surface area contributed by atoms with Gasteiger partial charge in [0.2, 0.25) is 0 Å². The molecule has 4 heteroatoms. The Hall–Kier alpha value is -2.19. The topological polar surface area (TPSA) is 44.0 Å². The Bertz CT molecular complexity index is 915. The molecule has 3 aromatic rings. The van der Waals surface area contributed by atoms with Crippen molar-refractivity contribution < 1.29 is 5.11 Å². The second-order valence-electron chi connectivity index (χ2n) is 5.71. The fourth-order valence-corrected chi connectivity index (χ4v) is 4.31. The van der Waals surface area contributed by atoms with E-state index in [-0.39, 0.29) is 13.0 Å². The van der Waals surface area contributed by atoms with Gasteiger partial charge in [-0.25, -0.2) is 0 Å². The predicted octanol–water partition coefficient (Wildman–Crippen LogP) is 5.79. The lowest BCUT2D eigenvalue weighted by Crippen LogP contribution is -1.99. The number of nitrogens with zero attached hydrogens (tertiary/aromatic N) is 1. The Labute approximate surface area is 162 Å². The normalized spacial score (nSPS) is 10.5. The lowest BCUT2D eigenvalue weighted by atomic mass is 9.94. The van der Waals surface area contributed by atoms with Crippen LogP contribution in [-0.2, 0) is 13.0 Å². The van der Waals surface area contributed by atoms with Crippen molar-refractivity contribution in [3.05, 3.63) is 77.9 Å². The molecule has 0 saturated heterocycles. The highest BCUT2D eigenvalue weighted by molar-refractivity contribution is 7.99. The molecule has 0 amide bonds. The minimum Gasteiger partial charge on any atom is -0.392 e. The molecular weight excluding hydrogens is 358 g/mol. The summed E-state index contributed by atoms with van der Waals surface area (Å²) in [6.07, 6.45) is 2.33. The highest BCUT2D eigenvalue weighted by Gasteiger charge is 2.16. The van der Waals surface area contributed by atoms with Gasteiger partial charge >= 0.3 is 0 Å². The van der Waals surface area contributed by atoms with Crippen LogP contribution in [0.3, 0.4) is 0 Å². The van der Waals surface area contributed by atoms with Gasteiger partial charge in [0.1, 0.15) is 0 Å². The van der Waals surface area contributed by atoms with Crippen molar-refractivity contribution in [1.29, 1.82) is 5.26 Å². The Kier molecular flexibility index (Phi) is 6.40. The van der Waals surface area contributed by atoms with Crippen molar-refractivity contribution in [2.45, 2.75) is 27.7 Å². The number of thioether (sulfide) groups is 1. The van der Waals surface area contributed by atoms with Gasteiger partial charge in [-0.1, -0.05) is 48.2 Å². The summed E-state index contributed by atoms with van der Waals surface area (Å²) in [7, 11) is 0. The van der Waals surface area contributed by atoms with Gasteiger partial charge in [0.15, 0.2) is 0 Å². The third kappa shape index (κ3) is 4.13. The van der Waals surface area contributed by atoms with Gasteiger partial charge in [0.05, 0.1) is 19.1 Å². The molecule has 26 heavy (non-hydrogen) atoms. The van der Waals surface area contributed by atoms with E-state index in [1.165, 1.54) is 4.90 Å². The maximum absolute atomic E-state index is 9.76. The van der Waals surface area contributed by atoms with Crippen molar-refractivity contribution in [2.24, 2.45) is 0 Å². The Morgan fingerprint density at radius 3 is 2.27 bits per heavy atom. The largest absolute Gasteiger partial charge is 0.392 e. The van der Waals surface area contributed by atoms with Crippen LogP contribution in [0.5, 0.6) is 0 Å². The first-order chi connectivity index (χ1) is 12.8. The lowest BCUT2D eigenvalue weighted by Gasteiger charge is -2.17. The van der Waals surface area contributed by atoms with Gasteiger partial charge in [-0.05, 0) is 53.3 Å². The monoisotopic (exact) mass is 377 g/mol. The summed E-state index contributed by atoms with van der Waals surface area (Å²) in [6, 6.07) is 24.8. The van der Waals surface area contributed by atoms with E-state index in [4.69, 9.17) is 0 Å². The minimum absolute atomic E-state index is 0.0663. The van der Waals surface area contributed by atoms with Crippen LogP contribution in [0, 0.1) is 11.3 Å². The average Bonchev–Trinajstić information content (AvgIpc) is 2.69. The Morgan fingerprint density at radius 1 is 0.923 bits per heavy atom. The molecule has 0 aromatic heterocycles. The number of hydrogen-bond donors (Lipinski definition) is 1. The molecule has 0 unspecified atom stereocenters. The molecule has 0 bridgehead atoms. The van der Waals surface area contributed by atoms with Crippen LogP contribution in [-0.4, -0.2) is 11.4 Å². The summed E-state index contributed by atoms with van der Waals surface area (Å²) in [5.41, 5.74) is 3.84. The average molecular weight is 378 g/mol.